The van der Waals surface area contributed by atoms with Crippen LogP contribution in [-0.2, 0) is 0 Å². The molecular formula is C15H14BrF2NO2. The summed E-state index contributed by atoms with van der Waals surface area (Å²) in [5.74, 6) is -0.802. The minimum absolute atomic E-state index is 0.0379. The predicted molar refractivity (Wildman–Crippen MR) is 80.8 cm³/mol. The highest BCUT2D eigenvalue weighted by atomic mass is 79.9. The lowest BCUT2D eigenvalue weighted by atomic mass is 10.1. The molecule has 0 aliphatic carbocycles. The summed E-state index contributed by atoms with van der Waals surface area (Å²) in [6, 6.07) is 6.61. The number of phenolic OH excluding ortho intramolecular Hbond substituents is 1. The fourth-order valence-electron chi connectivity index (χ4n) is 1.96. The minimum Gasteiger partial charge on any atom is -0.507 e. The first-order valence-corrected chi connectivity index (χ1v) is 6.99. The Morgan fingerprint density at radius 3 is 2.52 bits per heavy atom. The summed E-state index contributed by atoms with van der Waals surface area (Å²) >= 11 is 3.01. The number of halogens is 3. The van der Waals surface area contributed by atoms with E-state index in [1.807, 2.05) is 0 Å². The molecule has 0 aromatic heterocycles. The first kappa shape index (κ1) is 15.6. The monoisotopic (exact) mass is 357 g/mol. The fraction of sp³-hybridized carbons (Fsp3) is 0.200. The molecule has 2 N–H and O–H groups in total. The number of hydrogen-bond donors (Lipinski definition) is 2. The van der Waals surface area contributed by atoms with Crippen molar-refractivity contribution in [1.29, 1.82) is 0 Å². The fourth-order valence-corrected chi connectivity index (χ4v) is 2.30. The van der Waals surface area contributed by atoms with Crippen molar-refractivity contribution in [2.75, 3.05) is 12.4 Å². The van der Waals surface area contributed by atoms with E-state index in [1.165, 1.54) is 19.2 Å². The molecule has 2 rings (SSSR count). The van der Waals surface area contributed by atoms with Crippen LogP contribution in [0.15, 0.2) is 34.8 Å². The van der Waals surface area contributed by atoms with Crippen LogP contribution >= 0.6 is 15.9 Å². The molecule has 0 spiro atoms. The molecular weight excluding hydrogens is 344 g/mol. The Kier molecular flexibility index (Phi) is 4.67. The van der Waals surface area contributed by atoms with E-state index in [9.17, 15) is 13.9 Å². The first-order valence-electron chi connectivity index (χ1n) is 6.20. The van der Waals surface area contributed by atoms with Crippen LogP contribution in [0.5, 0.6) is 11.5 Å². The molecule has 0 radical (unpaired) electrons. The van der Waals surface area contributed by atoms with Gasteiger partial charge in [0.15, 0.2) is 0 Å². The van der Waals surface area contributed by atoms with E-state index in [-0.39, 0.29) is 22.0 Å². The van der Waals surface area contributed by atoms with Gasteiger partial charge >= 0.3 is 0 Å². The molecule has 3 nitrogen and oxygen atoms in total. The quantitative estimate of drug-likeness (QED) is 0.784. The number of benzene rings is 2. The molecule has 0 bridgehead atoms. The van der Waals surface area contributed by atoms with Gasteiger partial charge in [-0.1, -0.05) is 0 Å². The van der Waals surface area contributed by atoms with Crippen LogP contribution in [0.4, 0.5) is 14.5 Å². The molecule has 2 aromatic carbocycles. The Morgan fingerprint density at radius 2 is 1.90 bits per heavy atom. The van der Waals surface area contributed by atoms with Crippen molar-refractivity contribution in [2.45, 2.75) is 13.0 Å². The largest absolute Gasteiger partial charge is 0.507 e. The molecule has 0 fully saturated rings. The molecule has 112 valence electrons. The second-order valence-corrected chi connectivity index (χ2v) is 5.39. The summed E-state index contributed by atoms with van der Waals surface area (Å²) in [5, 5.41) is 12.9. The normalized spacial score (nSPS) is 12.0. The van der Waals surface area contributed by atoms with Crippen molar-refractivity contribution in [3.05, 3.63) is 52.0 Å². The average Bonchev–Trinajstić information content (AvgIpc) is 2.44. The third-order valence-corrected chi connectivity index (χ3v) is 3.69. The van der Waals surface area contributed by atoms with Gasteiger partial charge in [-0.2, -0.15) is 0 Å². The first-order chi connectivity index (χ1) is 9.92. The summed E-state index contributed by atoms with van der Waals surface area (Å²) < 4.78 is 32.1. The van der Waals surface area contributed by atoms with Gasteiger partial charge in [-0.05, 0) is 41.1 Å². The van der Waals surface area contributed by atoms with E-state index in [4.69, 9.17) is 4.74 Å². The summed E-state index contributed by atoms with van der Waals surface area (Å²) in [4.78, 5) is 0. The second kappa shape index (κ2) is 6.30. The van der Waals surface area contributed by atoms with Gasteiger partial charge in [0.1, 0.15) is 23.1 Å². The second-order valence-electron chi connectivity index (χ2n) is 4.54. The maximum Gasteiger partial charge on any atom is 0.149 e. The van der Waals surface area contributed by atoms with Crippen molar-refractivity contribution in [3.63, 3.8) is 0 Å². The van der Waals surface area contributed by atoms with Crippen LogP contribution in [-0.4, -0.2) is 12.2 Å². The Morgan fingerprint density at radius 1 is 1.19 bits per heavy atom. The highest BCUT2D eigenvalue weighted by molar-refractivity contribution is 9.10. The van der Waals surface area contributed by atoms with Crippen molar-refractivity contribution >= 4 is 21.6 Å². The van der Waals surface area contributed by atoms with Gasteiger partial charge in [0, 0.05) is 17.7 Å². The van der Waals surface area contributed by atoms with Crippen molar-refractivity contribution < 1.29 is 18.6 Å². The zero-order chi connectivity index (χ0) is 15.6. The van der Waals surface area contributed by atoms with Gasteiger partial charge in [-0.25, -0.2) is 8.78 Å². The average molecular weight is 358 g/mol. The SMILES string of the molecule is COc1ccc(C(C)Nc2cc(Br)c(F)cc2F)c(O)c1. The van der Waals surface area contributed by atoms with Gasteiger partial charge in [-0.15, -0.1) is 0 Å². The van der Waals surface area contributed by atoms with Crippen LogP contribution in [0.2, 0.25) is 0 Å². The highest BCUT2D eigenvalue weighted by Gasteiger charge is 2.15. The zero-order valence-corrected chi connectivity index (χ0v) is 13.0. The van der Waals surface area contributed by atoms with E-state index < -0.39 is 11.6 Å². The lowest BCUT2D eigenvalue weighted by Gasteiger charge is -2.18. The smallest absolute Gasteiger partial charge is 0.149 e. The van der Waals surface area contributed by atoms with Crippen LogP contribution in [0.3, 0.4) is 0 Å². The van der Waals surface area contributed by atoms with Crippen LogP contribution in [0.1, 0.15) is 18.5 Å². The van der Waals surface area contributed by atoms with Crippen molar-refractivity contribution in [3.8, 4) is 11.5 Å². The van der Waals surface area contributed by atoms with E-state index >= 15 is 0 Å². The third-order valence-electron chi connectivity index (χ3n) is 3.09. The number of phenols is 1. The molecule has 6 heteroatoms. The van der Waals surface area contributed by atoms with Gasteiger partial charge in [0.05, 0.1) is 23.3 Å². The Bertz CT molecular complexity index is 664. The molecule has 0 aliphatic rings. The number of hydrogen-bond acceptors (Lipinski definition) is 3. The molecule has 21 heavy (non-hydrogen) atoms. The molecule has 0 saturated carbocycles. The topological polar surface area (TPSA) is 41.5 Å². The highest BCUT2D eigenvalue weighted by Crippen LogP contribution is 2.32. The van der Waals surface area contributed by atoms with E-state index in [0.29, 0.717) is 11.3 Å². The van der Waals surface area contributed by atoms with Gasteiger partial charge in [0.25, 0.3) is 0 Å². The number of nitrogens with one attached hydrogen (secondary N) is 1. The lowest BCUT2D eigenvalue weighted by Crippen LogP contribution is -2.08. The summed E-state index contributed by atoms with van der Waals surface area (Å²) in [6.07, 6.45) is 0. The maximum absolute atomic E-state index is 13.7. The van der Waals surface area contributed by atoms with E-state index in [2.05, 4.69) is 21.2 Å². The van der Waals surface area contributed by atoms with Crippen LogP contribution in [0.25, 0.3) is 0 Å². The van der Waals surface area contributed by atoms with Gasteiger partial charge < -0.3 is 15.2 Å². The molecule has 0 saturated heterocycles. The number of methoxy groups -OCH3 is 1. The molecule has 1 unspecified atom stereocenters. The molecule has 2 aromatic rings. The van der Waals surface area contributed by atoms with E-state index in [1.54, 1.807) is 19.1 Å². The van der Waals surface area contributed by atoms with Crippen molar-refractivity contribution in [2.24, 2.45) is 0 Å². The van der Waals surface area contributed by atoms with Crippen LogP contribution < -0.4 is 10.1 Å². The Hall–Kier alpha value is -1.82. The molecule has 0 aliphatic heterocycles. The molecule has 0 heterocycles. The lowest BCUT2D eigenvalue weighted by molar-refractivity contribution is 0.406. The van der Waals surface area contributed by atoms with Crippen molar-refractivity contribution in [1.82, 2.24) is 0 Å². The number of anilines is 1. The van der Waals surface area contributed by atoms with Crippen LogP contribution in [0, 0.1) is 11.6 Å². The van der Waals surface area contributed by atoms with E-state index in [0.717, 1.165) is 6.07 Å². The Balaban J connectivity index is 2.26. The standard InChI is InChI=1S/C15H14BrF2NO2/c1-8(10-4-3-9(21-2)5-15(10)20)19-14-6-11(16)12(17)7-13(14)18/h3-8,19-20H,1-2H3. The minimum atomic E-state index is -0.699. The maximum atomic E-state index is 13.7. The zero-order valence-electron chi connectivity index (χ0n) is 11.5. The van der Waals surface area contributed by atoms with Gasteiger partial charge in [0.2, 0.25) is 0 Å². The van der Waals surface area contributed by atoms with Gasteiger partial charge in [-0.3, -0.25) is 0 Å². The molecule has 0 amide bonds. The Labute approximate surface area is 129 Å². The predicted octanol–water partition coefficient (Wildman–Crippen LogP) is 4.61. The number of aromatic hydroxyl groups is 1. The number of rotatable bonds is 4. The summed E-state index contributed by atoms with van der Waals surface area (Å²) in [6.45, 7) is 1.76. The summed E-state index contributed by atoms with van der Waals surface area (Å²) in [7, 11) is 1.50. The third kappa shape index (κ3) is 3.44. The number of ether oxygens (including phenoxy) is 1. The molecule has 1 atom stereocenters. The summed E-state index contributed by atoms with van der Waals surface area (Å²) in [5.41, 5.74) is 0.724.